The van der Waals surface area contributed by atoms with Crippen LogP contribution < -0.4 is 5.32 Å². The second-order valence-corrected chi connectivity index (χ2v) is 4.19. The number of amides is 1. The van der Waals surface area contributed by atoms with Crippen molar-refractivity contribution < 1.29 is 4.79 Å². The summed E-state index contributed by atoms with van der Waals surface area (Å²) < 4.78 is 0. The van der Waals surface area contributed by atoms with E-state index < -0.39 is 5.92 Å². The van der Waals surface area contributed by atoms with E-state index in [9.17, 15) is 4.79 Å². The summed E-state index contributed by atoms with van der Waals surface area (Å²) in [6, 6.07) is 2.17. The fraction of sp³-hybridized carbons (Fsp3) is 0.818. The molecule has 1 rings (SSSR count). The van der Waals surface area contributed by atoms with E-state index in [0.717, 1.165) is 0 Å². The molecule has 1 fully saturated rings. The minimum Gasteiger partial charge on any atom is -0.352 e. The third-order valence-corrected chi connectivity index (χ3v) is 3.06. The summed E-state index contributed by atoms with van der Waals surface area (Å²) in [6.45, 7) is 3.68. The average molecular weight is 194 g/mol. The number of hydrogen-bond acceptors (Lipinski definition) is 2. The Morgan fingerprint density at radius 2 is 2.00 bits per heavy atom. The molecule has 0 bridgehead atoms. The standard InChI is InChI=1S/C11H18N2O/c1-8(7-12)11(14)13-9(2)10-5-3-4-6-10/h8-10H,3-6H2,1-2H3,(H,13,14). The number of nitriles is 1. The molecule has 0 heterocycles. The van der Waals surface area contributed by atoms with Crippen molar-refractivity contribution in [1.82, 2.24) is 5.32 Å². The summed E-state index contributed by atoms with van der Waals surface area (Å²) >= 11 is 0. The van der Waals surface area contributed by atoms with Gasteiger partial charge in [0, 0.05) is 6.04 Å². The van der Waals surface area contributed by atoms with Crippen molar-refractivity contribution in [3.05, 3.63) is 0 Å². The Balaban J connectivity index is 2.36. The molecule has 2 unspecified atom stereocenters. The molecule has 0 aromatic rings. The summed E-state index contributed by atoms with van der Waals surface area (Å²) in [5.41, 5.74) is 0. The second-order valence-electron chi connectivity index (χ2n) is 4.19. The monoisotopic (exact) mass is 194 g/mol. The van der Waals surface area contributed by atoms with Gasteiger partial charge >= 0.3 is 0 Å². The van der Waals surface area contributed by atoms with Crippen molar-refractivity contribution in [2.24, 2.45) is 11.8 Å². The molecule has 0 spiro atoms. The van der Waals surface area contributed by atoms with Crippen LogP contribution in [-0.2, 0) is 4.79 Å². The lowest BCUT2D eigenvalue weighted by molar-refractivity contribution is -0.123. The average Bonchev–Trinajstić information content (AvgIpc) is 2.69. The van der Waals surface area contributed by atoms with Gasteiger partial charge < -0.3 is 5.32 Å². The summed E-state index contributed by atoms with van der Waals surface area (Å²) in [4.78, 5) is 11.4. The number of rotatable bonds is 3. The fourth-order valence-corrected chi connectivity index (χ4v) is 1.98. The van der Waals surface area contributed by atoms with Crippen molar-refractivity contribution in [1.29, 1.82) is 5.26 Å². The molecule has 0 radical (unpaired) electrons. The van der Waals surface area contributed by atoms with Crippen molar-refractivity contribution in [2.45, 2.75) is 45.6 Å². The number of carbonyl (C=O) groups excluding carboxylic acids is 1. The molecule has 0 aromatic heterocycles. The Morgan fingerprint density at radius 3 is 2.50 bits per heavy atom. The molecule has 0 aliphatic heterocycles. The summed E-state index contributed by atoms with van der Waals surface area (Å²) in [5, 5.41) is 11.5. The highest BCUT2D eigenvalue weighted by Crippen LogP contribution is 2.27. The first-order chi connectivity index (χ1) is 6.65. The van der Waals surface area contributed by atoms with Gasteiger partial charge in [-0.1, -0.05) is 12.8 Å². The van der Waals surface area contributed by atoms with Gasteiger partial charge in [0.05, 0.1) is 6.07 Å². The van der Waals surface area contributed by atoms with Gasteiger partial charge in [0.15, 0.2) is 0 Å². The zero-order valence-electron chi connectivity index (χ0n) is 8.92. The van der Waals surface area contributed by atoms with Gasteiger partial charge in [0.2, 0.25) is 5.91 Å². The highest BCUT2D eigenvalue weighted by atomic mass is 16.1. The molecule has 1 N–H and O–H groups in total. The predicted molar refractivity (Wildman–Crippen MR) is 54.3 cm³/mol. The Bertz CT molecular complexity index is 238. The number of hydrogen-bond donors (Lipinski definition) is 1. The van der Waals surface area contributed by atoms with Gasteiger partial charge in [-0.25, -0.2) is 0 Å². The van der Waals surface area contributed by atoms with Gasteiger partial charge in [-0.15, -0.1) is 0 Å². The maximum Gasteiger partial charge on any atom is 0.237 e. The van der Waals surface area contributed by atoms with Crippen LogP contribution in [0.4, 0.5) is 0 Å². The lowest BCUT2D eigenvalue weighted by Gasteiger charge is -2.20. The number of nitrogens with one attached hydrogen (secondary N) is 1. The van der Waals surface area contributed by atoms with Crippen LogP contribution in [0.15, 0.2) is 0 Å². The largest absolute Gasteiger partial charge is 0.352 e. The highest BCUT2D eigenvalue weighted by molar-refractivity contribution is 5.80. The molecule has 1 amide bonds. The summed E-state index contributed by atoms with van der Waals surface area (Å²) in [6.07, 6.45) is 4.97. The van der Waals surface area contributed by atoms with E-state index >= 15 is 0 Å². The molecule has 1 saturated carbocycles. The maximum absolute atomic E-state index is 11.4. The van der Waals surface area contributed by atoms with Crippen molar-refractivity contribution in [2.75, 3.05) is 0 Å². The van der Waals surface area contributed by atoms with Crippen LogP contribution in [0.25, 0.3) is 0 Å². The zero-order chi connectivity index (χ0) is 10.6. The van der Waals surface area contributed by atoms with Crippen LogP contribution in [0.1, 0.15) is 39.5 Å². The minimum absolute atomic E-state index is 0.133. The lowest BCUT2D eigenvalue weighted by atomic mass is 9.99. The Labute approximate surface area is 85.5 Å². The number of nitrogens with zero attached hydrogens (tertiary/aromatic N) is 1. The summed E-state index contributed by atoms with van der Waals surface area (Å²) in [5.74, 6) is -0.0457. The summed E-state index contributed by atoms with van der Waals surface area (Å²) in [7, 11) is 0. The van der Waals surface area contributed by atoms with Gasteiger partial charge in [-0.3, -0.25) is 4.79 Å². The van der Waals surface area contributed by atoms with Crippen LogP contribution in [0, 0.1) is 23.2 Å². The smallest absolute Gasteiger partial charge is 0.237 e. The van der Waals surface area contributed by atoms with Crippen LogP contribution in [0.2, 0.25) is 0 Å². The molecule has 2 atom stereocenters. The normalized spacial score (nSPS) is 21.2. The zero-order valence-corrected chi connectivity index (χ0v) is 8.92. The van der Waals surface area contributed by atoms with Gasteiger partial charge in [0.25, 0.3) is 0 Å². The van der Waals surface area contributed by atoms with E-state index in [2.05, 4.69) is 5.32 Å². The molecule has 0 aromatic carbocycles. The molecule has 78 valence electrons. The van der Waals surface area contributed by atoms with E-state index in [1.807, 2.05) is 13.0 Å². The minimum atomic E-state index is -0.529. The van der Waals surface area contributed by atoms with E-state index in [0.29, 0.717) is 5.92 Å². The fourth-order valence-electron chi connectivity index (χ4n) is 1.98. The van der Waals surface area contributed by atoms with Crippen molar-refractivity contribution >= 4 is 5.91 Å². The second kappa shape index (κ2) is 4.99. The molecule has 3 heteroatoms. The van der Waals surface area contributed by atoms with E-state index in [1.165, 1.54) is 25.7 Å². The lowest BCUT2D eigenvalue weighted by Crippen LogP contribution is -2.39. The van der Waals surface area contributed by atoms with Crippen LogP contribution in [0.5, 0.6) is 0 Å². The van der Waals surface area contributed by atoms with Gasteiger partial charge in [-0.05, 0) is 32.6 Å². The molecule has 0 saturated heterocycles. The number of carbonyl (C=O) groups is 1. The molecule has 1 aliphatic carbocycles. The molecular weight excluding hydrogens is 176 g/mol. The predicted octanol–water partition coefficient (Wildman–Crippen LogP) is 1.84. The van der Waals surface area contributed by atoms with E-state index in [4.69, 9.17) is 5.26 Å². The Morgan fingerprint density at radius 1 is 1.43 bits per heavy atom. The third-order valence-electron chi connectivity index (χ3n) is 3.06. The van der Waals surface area contributed by atoms with Crippen LogP contribution in [-0.4, -0.2) is 11.9 Å². The Hall–Kier alpha value is -1.04. The Kier molecular flexibility index (Phi) is 3.94. The first kappa shape index (κ1) is 11.0. The van der Waals surface area contributed by atoms with Gasteiger partial charge in [0.1, 0.15) is 5.92 Å². The third kappa shape index (κ3) is 2.73. The highest BCUT2D eigenvalue weighted by Gasteiger charge is 2.24. The first-order valence-corrected chi connectivity index (χ1v) is 5.35. The van der Waals surface area contributed by atoms with Crippen LogP contribution >= 0.6 is 0 Å². The van der Waals surface area contributed by atoms with Crippen molar-refractivity contribution in [3.8, 4) is 6.07 Å². The quantitative estimate of drug-likeness (QED) is 0.745. The molecular formula is C11H18N2O. The van der Waals surface area contributed by atoms with Crippen molar-refractivity contribution in [3.63, 3.8) is 0 Å². The molecule has 1 aliphatic rings. The van der Waals surface area contributed by atoms with E-state index in [1.54, 1.807) is 6.92 Å². The van der Waals surface area contributed by atoms with E-state index in [-0.39, 0.29) is 11.9 Å². The van der Waals surface area contributed by atoms with Gasteiger partial charge in [-0.2, -0.15) is 5.26 Å². The topological polar surface area (TPSA) is 52.9 Å². The molecule has 3 nitrogen and oxygen atoms in total. The molecule has 14 heavy (non-hydrogen) atoms. The maximum atomic E-state index is 11.4. The SMILES string of the molecule is CC(C#N)C(=O)NC(C)C1CCCC1. The van der Waals surface area contributed by atoms with Crippen LogP contribution in [0.3, 0.4) is 0 Å². The first-order valence-electron chi connectivity index (χ1n) is 5.35.